The van der Waals surface area contributed by atoms with Crippen LogP contribution in [0, 0.1) is 12.7 Å². The minimum absolute atomic E-state index is 0.0852. The zero-order valence-electron chi connectivity index (χ0n) is 13.1. The van der Waals surface area contributed by atoms with E-state index in [1.165, 1.54) is 23.5 Å². The molecule has 0 saturated carbocycles. The molecular formula is C19H16FNO2S. The standard InChI is InChI=1S/C19H16FNO2S/c1-13-9-18(24-12-13)19(22)21-11-14-3-2-4-17(10-14)23-16-7-5-15(20)6-8-16/h2-10,12H,11H2,1H3,(H,21,22). The van der Waals surface area contributed by atoms with Crippen molar-refractivity contribution in [3.05, 3.63) is 81.8 Å². The first-order valence-electron chi connectivity index (χ1n) is 7.46. The lowest BCUT2D eigenvalue weighted by atomic mass is 10.2. The first kappa shape index (κ1) is 16.2. The number of carbonyl (C=O) groups excluding carboxylic acids is 1. The largest absolute Gasteiger partial charge is 0.457 e. The highest BCUT2D eigenvalue weighted by atomic mass is 32.1. The highest BCUT2D eigenvalue weighted by molar-refractivity contribution is 7.12. The second-order valence-corrected chi connectivity index (χ2v) is 6.29. The molecule has 0 spiro atoms. The average Bonchev–Trinajstić information content (AvgIpc) is 3.02. The zero-order valence-corrected chi connectivity index (χ0v) is 13.9. The molecule has 0 aliphatic rings. The fraction of sp³-hybridized carbons (Fsp3) is 0.105. The van der Waals surface area contributed by atoms with Crippen molar-refractivity contribution >= 4 is 17.2 Å². The van der Waals surface area contributed by atoms with E-state index in [1.807, 2.05) is 42.6 Å². The van der Waals surface area contributed by atoms with Crippen LogP contribution in [-0.4, -0.2) is 5.91 Å². The maximum atomic E-state index is 12.9. The van der Waals surface area contributed by atoms with Gasteiger partial charge in [0, 0.05) is 6.54 Å². The van der Waals surface area contributed by atoms with Gasteiger partial charge < -0.3 is 10.1 Å². The number of halogens is 1. The van der Waals surface area contributed by atoms with Gasteiger partial charge in [-0.15, -0.1) is 11.3 Å². The number of nitrogens with one attached hydrogen (secondary N) is 1. The first-order valence-corrected chi connectivity index (χ1v) is 8.34. The van der Waals surface area contributed by atoms with Crippen LogP contribution in [-0.2, 0) is 6.54 Å². The fourth-order valence-electron chi connectivity index (χ4n) is 2.18. The molecule has 0 saturated heterocycles. The van der Waals surface area contributed by atoms with Crippen LogP contribution in [0.4, 0.5) is 4.39 Å². The molecule has 5 heteroatoms. The summed E-state index contributed by atoms with van der Waals surface area (Å²) in [5.74, 6) is 0.813. The normalized spacial score (nSPS) is 10.4. The molecule has 24 heavy (non-hydrogen) atoms. The molecule has 1 N–H and O–H groups in total. The van der Waals surface area contributed by atoms with Crippen LogP contribution in [0.25, 0.3) is 0 Å². The Kier molecular flexibility index (Phi) is 4.91. The van der Waals surface area contributed by atoms with Gasteiger partial charge in [0.15, 0.2) is 0 Å². The summed E-state index contributed by atoms with van der Waals surface area (Å²) in [6.45, 7) is 2.37. The van der Waals surface area contributed by atoms with Gasteiger partial charge in [-0.25, -0.2) is 4.39 Å². The minimum Gasteiger partial charge on any atom is -0.457 e. The van der Waals surface area contributed by atoms with Crippen molar-refractivity contribution in [3.63, 3.8) is 0 Å². The topological polar surface area (TPSA) is 38.3 Å². The lowest BCUT2D eigenvalue weighted by molar-refractivity contribution is 0.0955. The number of rotatable bonds is 5. The van der Waals surface area contributed by atoms with E-state index in [0.29, 0.717) is 22.9 Å². The van der Waals surface area contributed by atoms with Crippen LogP contribution in [0.2, 0.25) is 0 Å². The van der Waals surface area contributed by atoms with Crippen LogP contribution >= 0.6 is 11.3 Å². The molecule has 0 aliphatic carbocycles. The van der Waals surface area contributed by atoms with Crippen LogP contribution in [0.3, 0.4) is 0 Å². The number of hydrogen-bond acceptors (Lipinski definition) is 3. The van der Waals surface area contributed by atoms with E-state index in [9.17, 15) is 9.18 Å². The maximum Gasteiger partial charge on any atom is 0.261 e. The predicted molar refractivity (Wildman–Crippen MR) is 93.1 cm³/mol. The SMILES string of the molecule is Cc1csc(C(=O)NCc2cccc(Oc3ccc(F)cc3)c2)c1. The Bertz CT molecular complexity index is 843. The summed E-state index contributed by atoms with van der Waals surface area (Å²) >= 11 is 1.43. The maximum absolute atomic E-state index is 12.9. The summed E-state index contributed by atoms with van der Waals surface area (Å²) in [5, 5.41) is 4.84. The van der Waals surface area contributed by atoms with Gasteiger partial charge in [-0.05, 0) is 65.9 Å². The van der Waals surface area contributed by atoms with E-state index in [2.05, 4.69) is 5.32 Å². The minimum atomic E-state index is -0.303. The van der Waals surface area contributed by atoms with Gasteiger partial charge in [0.1, 0.15) is 17.3 Å². The summed E-state index contributed by atoms with van der Waals surface area (Å²) in [7, 11) is 0. The van der Waals surface area contributed by atoms with Crippen molar-refractivity contribution in [2.45, 2.75) is 13.5 Å². The van der Waals surface area contributed by atoms with Gasteiger partial charge in [0.25, 0.3) is 5.91 Å². The molecule has 1 amide bonds. The fourth-order valence-corrected chi connectivity index (χ4v) is 2.99. The second-order valence-electron chi connectivity index (χ2n) is 5.37. The van der Waals surface area contributed by atoms with Crippen LogP contribution in [0.5, 0.6) is 11.5 Å². The van der Waals surface area contributed by atoms with Crippen LogP contribution in [0.1, 0.15) is 20.8 Å². The van der Waals surface area contributed by atoms with Crippen molar-refractivity contribution in [3.8, 4) is 11.5 Å². The molecule has 0 bridgehead atoms. The Morgan fingerprint density at radius 3 is 2.62 bits per heavy atom. The Labute approximate surface area is 143 Å². The average molecular weight is 341 g/mol. The van der Waals surface area contributed by atoms with Gasteiger partial charge in [-0.3, -0.25) is 4.79 Å². The van der Waals surface area contributed by atoms with Gasteiger partial charge >= 0.3 is 0 Å². The Hall–Kier alpha value is -2.66. The van der Waals surface area contributed by atoms with Gasteiger partial charge in [-0.2, -0.15) is 0 Å². The molecule has 3 aromatic rings. The third kappa shape index (κ3) is 4.20. The van der Waals surface area contributed by atoms with E-state index >= 15 is 0 Å². The summed E-state index contributed by atoms with van der Waals surface area (Å²) in [4.78, 5) is 12.8. The van der Waals surface area contributed by atoms with Crippen molar-refractivity contribution < 1.29 is 13.9 Å². The predicted octanol–water partition coefficient (Wildman–Crippen LogP) is 4.92. The molecule has 122 valence electrons. The lowest BCUT2D eigenvalue weighted by Gasteiger charge is -2.08. The third-order valence-electron chi connectivity index (χ3n) is 3.36. The molecule has 1 heterocycles. The second kappa shape index (κ2) is 7.27. The molecule has 0 fully saturated rings. The molecule has 0 atom stereocenters. The molecule has 2 aromatic carbocycles. The highest BCUT2D eigenvalue weighted by Crippen LogP contribution is 2.22. The molecular weight excluding hydrogens is 325 g/mol. The van der Waals surface area contributed by atoms with Gasteiger partial charge in [0.2, 0.25) is 0 Å². The number of aryl methyl sites for hydroxylation is 1. The Morgan fingerprint density at radius 1 is 1.12 bits per heavy atom. The number of hydrogen-bond donors (Lipinski definition) is 1. The first-order chi connectivity index (χ1) is 11.6. The Balaban J connectivity index is 1.62. The molecule has 0 radical (unpaired) electrons. The van der Waals surface area contributed by atoms with E-state index in [0.717, 1.165) is 11.1 Å². The third-order valence-corrected chi connectivity index (χ3v) is 4.40. The smallest absolute Gasteiger partial charge is 0.261 e. The summed E-state index contributed by atoms with van der Waals surface area (Å²) < 4.78 is 18.6. The van der Waals surface area contributed by atoms with E-state index in [-0.39, 0.29) is 11.7 Å². The highest BCUT2D eigenvalue weighted by Gasteiger charge is 2.08. The Morgan fingerprint density at radius 2 is 1.92 bits per heavy atom. The van der Waals surface area contributed by atoms with Gasteiger partial charge in [0.05, 0.1) is 4.88 Å². The quantitative estimate of drug-likeness (QED) is 0.715. The van der Waals surface area contributed by atoms with E-state index < -0.39 is 0 Å². The monoisotopic (exact) mass is 341 g/mol. The van der Waals surface area contributed by atoms with Gasteiger partial charge in [-0.1, -0.05) is 12.1 Å². The summed E-state index contributed by atoms with van der Waals surface area (Å²) in [6, 6.07) is 15.2. The summed E-state index contributed by atoms with van der Waals surface area (Å²) in [6.07, 6.45) is 0. The van der Waals surface area contributed by atoms with Crippen molar-refractivity contribution in [2.75, 3.05) is 0 Å². The van der Waals surface area contributed by atoms with Crippen molar-refractivity contribution in [1.82, 2.24) is 5.32 Å². The number of benzene rings is 2. The van der Waals surface area contributed by atoms with Crippen molar-refractivity contribution in [1.29, 1.82) is 0 Å². The van der Waals surface area contributed by atoms with E-state index in [4.69, 9.17) is 4.74 Å². The molecule has 1 aromatic heterocycles. The van der Waals surface area contributed by atoms with Crippen LogP contribution < -0.4 is 10.1 Å². The molecule has 0 unspecified atom stereocenters. The number of ether oxygens (including phenoxy) is 1. The molecule has 3 nitrogen and oxygen atoms in total. The molecule has 0 aliphatic heterocycles. The number of thiophene rings is 1. The zero-order chi connectivity index (χ0) is 16.9. The lowest BCUT2D eigenvalue weighted by Crippen LogP contribution is -2.21. The number of amides is 1. The number of carbonyl (C=O) groups is 1. The van der Waals surface area contributed by atoms with E-state index in [1.54, 1.807) is 12.1 Å². The molecule has 3 rings (SSSR count). The summed E-state index contributed by atoms with van der Waals surface area (Å²) in [5.41, 5.74) is 2.01. The van der Waals surface area contributed by atoms with Crippen LogP contribution in [0.15, 0.2) is 60.0 Å². The van der Waals surface area contributed by atoms with Crippen molar-refractivity contribution in [2.24, 2.45) is 0 Å².